The third kappa shape index (κ3) is 3.90. The molecule has 2 heterocycles. The van der Waals surface area contributed by atoms with E-state index in [1.807, 2.05) is 45.9 Å². The van der Waals surface area contributed by atoms with Crippen LogP contribution in [0.1, 0.15) is 37.6 Å². The highest BCUT2D eigenvalue weighted by atomic mass is 32.1. The van der Waals surface area contributed by atoms with E-state index in [9.17, 15) is 9.59 Å². The highest BCUT2D eigenvalue weighted by Gasteiger charge is 2.38. The van der Waals surface area contributed by atoms with Gasteiger partial charge in [0.15, 0.2) is 6.10 Å². The second-order valence-electron chi connectivity index (χ2n) is 7.49. The van der Waals surface area contributed by atoms with Crippen LogP contribution in [0.15, 0.2) is 18.2 Å². The summed E-state index contributed by atoms with van der Waals surface area (Å²) in [4.78, 5) is 32.6. The number of hydrogen-bond acceptors (Lipinski definition) is 6. The normalized spacial score (nSPS) is 17.3. The van der Waals surface area contributed by atoms with Gasteiger partial charge in [-0.1, -0.05) is 13.8 Å². The molecule has 0 aliphatic carbocycles. The number of thiazole rings is 1. The van der Waals surface area contributed by atoms with Crippen molar-refractivity contribution in [3.63, 3.8) is 0 Å². The molecule has 0 spiro atoms. The Morgan fingerprint density at radius 3 is 2.64 bits per heavy atom. The Balaban J connectivity index is 2.00. The van der Waals surface area contributed by atoms with Gasteiger partial charge >= 0.3 is 5.97 Å². The number of anilines is 1. The van der Waals surface area contributed by atoms with E-state index < -0.39 is 18.1 Å². The van der Waals surface area contributed by atoms with E-state index in [2.05, 4.69) is 4.98 Å². The minimum Gasteiger partial charge on any atom is -0.479 e. The van der Waals surface area contributed by atoms with Crippen LogP contribution >= 0.6 is 11.3 Å². The molecule has 1 amide bonds. The van der Waals surface area contributed by atoms with E-state index in [1.165, 1.54) is 4.90 Å². The number of carbonyl (C=O) groups excluding carboxylic acids is 2. The first-order chi connectivity index (χ1) is 13.2. The quantitative estimate of drug-likeness (QED) is 0.704. The lowest BCUT2D eigenvalue weighted by atomic mass is 10.1. The number of carbonyl (C=O) groups is 2. The zero-order valence-corrected chi connectivity index (χ0v) is 17.9. The van der Waals surface area contributed by atoms with Gasteiger partial charge in [0, 0.05) is 10.4 Å². The highest BCUT2D eigenvalue weighted by molar-refractivity contribution is 7.11. The van der Waals surface area contributed by atoms with Crippen LogP contribution in [0.25, 0.3) is 11.3 Å². The molecule has 0 radical (unpaired) electrons. The first-order valence-electron chi connectivity index (χ1n) is 9.43. The number of esters is 1. The van der Waals surface area contributed by atoms with Gasteiger partial charge in [-0.3, -0.25) is 9.69 Å². The summed E-state index contributed by atoms with van der Waals surface area (Å²) in [5.74, 6) is 0.118. The van der Waals surface area contributed by atoms with Gasteiger partial charge in [0.1, 0.15) is 11.8 Å². The Bertz CT molecular complexity index is 906. The molecule has 0 saturated heterocycles. The molecule has 1 aromatic heterocycles. The predicted molar refractivity (Wildman–Crippen MR) is 110 cm³/mol. The molecule has 1 aliphatic heterocycles. The van der Waals surface area contributed by atoms with Gasteiger partial charge in [-0.15, -0.1) is 11.3 Å². The summed E-state index contributed by atoms with van der Waals surface area (Å²) < 4.78 is 11.1. The van der Waals surface area contributed by atoms with Crippen LogP contribution in [0.2, 0.25) is 0 Å². The van der Waals surface area contributed by atoms with Crippen molar-refractivity contribution in [2.24, 2.45) is 5.92 Å². The Morgan fingerprint density at radius 2 is 2.04 bits per heavy atom. The summed E-state index contributed by atoms with van der Waals surface area (Å²) >= 11 is 1.63. The largest absolute Gasteiger partial charge is 0.479 e. The number of aromatic nitrogens is 1. The molecule has 0 saturated carbocycles. The molecule has 2 atom stereocenters. The summed E-state index contributed by atoms with van der Waals surface area (Å²) in [5, 5.41) is 0.980. The van der Waals surface area contributed by atoms with Gasteiger partial charge in [0.25, 0.3) is 5.91 Å². The van der Waals surface area contributed by atoms with E-state index in [0.29, 0.717) is 18.0 Å². The van der Waals surface area contributed by atoms with Crippen LogP contribution in [0.4, 0.5) is 5.69 Å². The van der Waals surface area contributed by atoms with Crippen molar-refractivity contribution in [1.82, 2.24) is 4.98 Å². The first-order valence-corrected chi connectivity index (χ1v) is 10.3. The molecule has 7 heteroatoms. The molecule has 0 N–H and O–H groups in total. The average molecular weight is 403 g/mol. The van der Waals surface area contributed by atoms with Crippen molar-refractivity contribution in [2.75, 3.05) is 11.5 Å². The molecule has 3 rings (SSSR count). The summed E-state index contributed by atoms with van der Waals surface area (Å²) in [6.45, 7) is 11.6. The minimum atomic E-state index is -0.745. The third-order valence-corrected chi connectivity index (χ3v) is 5.46. The fourth-order valence-corrected chi connectivity index (χ4v) is 4.02. The maximum absolute atomic E-state index is 12.9. The number of fused-ring (bicyclic) bond motifs is 1. The molecule has 6 nitrogen and oxygen atoms in total. The van der Waals surface area contributed by atoms with Crippen LogP contribution < -0.4 is 9.64 Å². The van der Waals surface area contributed by atoms with Crippen LogP contribution in [0.3, 0.4) is 0 Å². The third-order valence-electron chi connectivity index (χ3n) is 4.57. The van der Waals surface area contributed by atoms with E-state index in [-0.39, 0.29) is 11.8 Å². The van der Waals surface area contributed by atoms with Gasteiger partial charge in [-0.25, -0.2) is 9.78 Å². The number of benzene rings is 1. The van der Waals surface area contributed by atoms with Gasteiger partial charge in [-0.2, -0.15) is 0 Å². The molecule has 0 fully saturated rings. The number of amides is 1. The monoisotopic (exact) mass is 402 g/mol. The molecule has 2 unspecified atom stereocenters. The maximum atomic E-state index is 12.9. The van der Waals surface area contributed by atoms with Crippen LogP contribution in [-0.4, -0.2) is 35.6 Å². The Labute approximate surface area is 169 Å². The summed E-state index contributed by atoms with van der Waals surface area (Å²) in [7, 11) is 0. The van der Waals surface area contributed by atoms with Crippen LogP contribution in [-0.2, 0) is 14.3 Å². The number of rotatable bonds is 5. The minimum absolute atomic E-state index is 0.227. The smallest absolute Gasteiger partial charge is 0.328 e. The Hall–Kier alpha value is -2.41. The summed E-state index contributed by atoms with van der Waals surface area (Å²) in [5.41, 5.74) is 2.34. The lowest BCUT2D eigenvalue weighted by Crippen LogP contribution is -2.52. The molecular weight excluding hydrogens is 376 g/mol. The number of hydrogen-bond donors (Lipinski definition) is 0. The van der Waals surface area contributed by atoms with Gasteiger partial charge in [0.2, 0.25) is 0 Å². The average Bonchev–Trinajstić information content (AvgIpc) is 2.98. The number of ether oxygens (including phenoxy) is 2. The SMILES string of the molecule is Cc1nc(-c2ccc3c(c2)N(C(C)C(=O)OCC(C)C)C(=O)C(C)O3)c(C)s1. The van der Waals surface area contributed by atoms with E-state index >= 15 is 0 Å². The predicted octanol–water partition coefficient (Wildman–Crippen LogP) is 4.13. The molecule has 150 valence electrons. The molecular formula is C21H26N2O4S. The van der Waals surface area contributed by atoms with Crippen LogP contribution in [0, 0.1) is 19.8 Å². The number of aryl methyl sites for hydroxylation is 2. The lowest BCUT2D eigenvalue weighted by molar-refractivity contribution is -0.147. The summed E-state index contributed by atoms with van der Waals surface area (Å²) in [6.07, 6.45) is -0.665. The van der Waals surface area contributed by atoms with Crippen molar-refractivity contribution < 1.29 is 19.1 Å². The standard InChI is InChI=1S/C21H26N2O4S/c1-11(2)10-26-21(25)12(3)23-17-9-16(19-14(5)28-15(6)22-19)7-8-18(17)27-13(4)20(23)24/h7-9,11-13H,10H2,1-6H3. The van der Waals surface area contributed by atoms with E-state index in [0.717, 1.165) is 21.1 Å². The van der Waals surface area contributed by atoms with E-state index in [4.69, 9.17) is 9.47 Å². The van der Waals surface area contributed by atoms with Crippen molar-refractivity contribution in [1.29, 1.82) is 0 Å². The van der Waals surface area contributed by atoms with Crippen molar-refractivity contribution in [3.8, 4) is 17.0 Å². The van der Waals surface area contributed by atoms with Gasteiger partial charge in [0.05, 0.1) is 23.0 Å². The molecule has 1 aliphatic rings. The van der Waals surface area contributed by atoms with E-state index in [1.54, 1.807) is 25.2 Å². The second kappa shape index (κ2) is 7.91. The maximum Gasteiger partial charge on any atom is 0.328 e. The Kier molecular flexibility index (Phi) is 5.74. The zero-order chi connectivity index (χ0) is 20.6. The molecule has 0 bridgehead atoms. The molecule has 1 aromatic carbocycles. The molecule has 2 aromatic rings. The van der Waals surface area contributed by atoms with Crippen molar-refractivity contribution in [2.45, 2.75) is 53.7 Å². The number of nitrogens with zero attached hydrogens (tertiary/aromatic N) is 2. The Morgan fingerprint density at radius 1 is 1.32 bits per heavy atom. The summed E-state index contributed by atoms with van der Waals surface area (Å²) in [6, 6.07) is 4.89. The zero-order valence-electron chi connectivity index (χ0n) is 17.1. The second-order valence-corrected chi connectivity index (χ2v) is 8.90. The van der Waals surface area contributed by atoms with Crippen molar-refractivity contribution in [3.05, 3.63) is 28.1 Å². The lowest BCUT2D eigenvalue weighted by Gasteiger charge is -2.36. The highest BCUT2D eigenvalue weighted by Crippen LogP contribution is 2.39. The topological polar surface area (TPSA) is 68.7 Å². The van der Waals surface area contributed by atoms with Gasteiger partial charge < -0.3 is 9.47 Å². The molecule has 28 heavy (non-hydrogen) atoms. The van der Waals surface area contributed by atoms with Crippen molar-refractivity contribution >= 4 is 28.9 Å². The first kappa shape index (κ1) is 20.3. The van der Waals surface area contributed by atoms with Crippen LogP contribution in [0.5, 0.6) is 5.75 Å². The van der Waals surface area contributed by atoms with Gasteiger partial charge in [-0.05, 0) is 51.8 Å². The fraction of sp³-hybridized carbons (Fsp3) is 0.476. The fourth-order valence-electron chi connectivity index (χ4n) is 3.18.